The van der Waals surface area contributed by atoms with E-state index < -0.39 is 5.97 Å². The molecule has 0 bridgehead atoms. The number of carbonyl (C=O) groups excluding carboxylic acids is 1. The van der Waals surface area contributed by atoms with Gasteiger partial charge in [0.25, 0.3) is 5.91 Å². The molecule has 0 aliphatic carbocycles. The highest BCUT2D eigenvalue weighted by atomic mass is 32.1. The number of carboxylic acid groups (broad SMARTS) is 1. The summed E-state index contributed by atoms with van der Waals surface area (Å²) in [4.78, 5) is 27.5. The fourth-order valence-corrected chi connectivity index (χ4v) is 2.95. The number of rotatable bonds is 5. The first-order chi connectivity index (χ1) is 11.6. The van der Waals surface area contributed by atoms with Crippen LogP contribution in [0.2, 0.25) is 0 Å². The lowest BCUT2D eigenvalue weighted by Crippen LogP contribution is -2.10. The molecule has 0 saturated carbocycles. The highest BCUT2D eigenvalue weighted by molar-refractivity contribution is 7.15. The zero-order valence-corrected chi connectivity index (χ0v) is 13.4. The lowest BCUT2D eigenvalue weighted by atomic mass is 10.1. The Morgan fingerprint density at radius 1 is 0.917 bits per heavy atom. The Kier molecular flexibility index (Phi) is 4.67. The molecule has 1 amide bonds. The molecule has 6 heteroatoms. The van der Waals surface area contributed by atoms with Crippen molar-refractivity contribution in [2.24, 2.45) is 0 Å². The molecule has 0 saturated heterocycles. The van der Waals surface area contributed by atoms with Gasteiger partial charge in [0.2, 0.25) is 0 Å². The van der Waals surface area contributed by atoms with Gasteiger partial charge in [-0.25, -0.2) is 4.79 Å². The van der Waals surface area contributed by atoms with E-state index in [1.165, 1.54) is 17.7 Å². The van der Waals surface area contributed by atoms with E-state index in [9.17, 15) is 9.59 Å². The minimum absolute atomic E-state index is 0.146. The molecule has 0 atom stereocenters. The normalized spacial score (nSPS) is 10.3. The Morgan fingerprint density at radius 2 is 1.54 bits per heavy atom. The van der Waals surface area contributed by atoms with Crippen molar-refractivity contribution in [3.8, 4) is 0 Å². The standard InChI is InChI=1S/C18H14N2O3S/c21-17(15-5-6-16(24-15)18(22)23)20-14-3-1-12(2-4-14)11-13-7-9-19-10-8-13/h1-10H,11H2,(H,20,21)(H,22,23). The van der Waals surface area contributed by atoms with Crippen molar-refractivity contribution < 1.29 is 14.7 Å². The SMILES string of the molecule is O=C(O)c1ccc(C(=O)Nc2ccc(Cc3ccncc3)cc2)s1. The van der Waals surface area contributed by atoms with Crippen LogP contribution in [-0.4, -0.2) is 22.0 Å². The highest BCUT2D eigenvalue weighted by Gasteiger charge is 2.13. The van der Waals surface area contributed by atoms with Crippen molar-refractivity contribution in [2.75, 3.05) is 5.32 Å². The Balaban J connectivity index is 1.65. The van der Waals surface area contributed by atoms with Gasteiger partial charge in [0.1, 0.15) is 4.88 Å². The van der Waals surface area contributed by atoms with E-state index in [1.807, 2.05) is 36.4 Å². The molecular weight excluding hydrogens is 324 g/mol. The zero-order valence-electron chi connectivity index (χ0n) is 12.6. The van der Waals surface area contributed by atoms with Gasteiger partial charge < -0.3 is 10.4 Å². The summed E-state index contributed by atoms with van der Waals surface area (Å²) >= 11 is 0.956. The van der Waals surface area contributed by atoms with Crippen LogP contribution in [0.15, 0.2) is 60.9 Å². The minimum atomic E-state index is -1.03. The van der Waals surface area contributed by atoms with Crippen LogP contribution in [-0.2, 0) is 6.42 Å². The fraction of sp³-hybridized carbons (Fsp3) is 0.0556. The topological polar surface area (TPSA) is 79.3 Å². The van der Waals surface area contributed by atoms with Crippen molar-refractivity contribution in [3.05, 3.63) is 81.8 Å². The van der Waals surface area contributed by atoms with Crippen LogP contribution in [0.4, 0.5) is 5.69 Å². The molecule has 3 aromatic rings. The summed E-state index contributed by atoms with van der Waals surface area (Å²) in [5.74, 6) is -1.34. The van der Waals surface area contributed by atoms with Crippen molar-refractivity contribution in [2.45, 2.75) is 6.42 Å². The monoisotopic (exact) mass is 338 g/mol. The van der Waals surface area contributed by atoms with E-state index in [0.717, 1.165) is 23.3 Å². The Labute approximate surface area is 142 Å². The van der Waals surface area contributed by atoms with Gasteiger partial charge in [-0.2, -0.15) is 0 Å². The molecule has 3 rings (SSSR count). The quantitative estimate of drug-likeness (QED) is 0.744. The lowest BCUT2D eigenvalue weighted by Gasteiger charge is -2.06. The van der Waals surface area contributed by atoms with Gasteiger partial charge in [-0.15, -0.1) is 11.3 Å². The molecule has 2 N–H and O–H groups in total. The second-order valence-corrected chi connectivity index (χ2v) is 6.24. The molecular formula is C18H14N2O3S. The number of hydrogen-bond donors (Lipinski definition) is 2. The van der Waals surface area contributed by atoms with Crippen molar-refractivity contribution in [1.29, 1.82) is 0 Å². The number of carbonyl (C=O) groups is 2. The number of nitrogens with one attached hydrogen (secondary N) is 1. The van der Waals surface area contributed by atoms with E-state index in [0.29, 0.717) is 10.6 Å². The molecule has 120 valence electrons. The van der Waals surface area contributed by atoms with Crippen LogP contribution in [0.3, 0.4) is 0 Å². The van der Waals surface area contributed by atoms with Crippen LogP contribution in [0.5, 0.6) is 0 Å². The Bertz CT molecular complexity index is 857. The van der Waals surface area contributed by atoms with E-state index in [2.05, 4.69) is 10.3 Å². The average molecular weight is 338 g/mol. The number of benzene rings is 1. The number of carboxylic acids is 1. The molecule has 24 heavy (non-hydrogen) atoms. The van der Waals surface area contributed by atoms with Crippen LogP contribution < -0.4 is 5.32 Å². The second-order valence-electron chi connectivity index (χ2n) is 5.15. The summed E-state index contributed by atoms with van der Waals surface area (Å²) in [6.45, 7) is 0. The molecule has 0 fully saturated rings. The predicted octanol–water partition coefficient (Wildman–Crippen LogP) is 3.68. The van der Waals surface area contributed by atoms with Crippen molar-refractivity contribution in [3.63, 3.8) is 0 Å². The van der Waals surface area contributed by atoms with Crippen LogP contribution in [0, 0.1) is 0 Å². The number of nitrogens with zero attached hydrogens (tertiary/aromatic N) is 1. The summed E-state index contributed by atoms with van der Waals surface area (Å²) in [7, 11) is 0. The number of thiophene rings is 1. The third-order valence-corrected chi connectivity index (χ3v) is 4.48. The fourth-order valence-electron chi connectivity index (χ4n) is 2.21. The maximum atomic E-state index is 12.1. The van der Waals surface area contributed by atoms with E-state index in [-0.39, 0.29) is 10.8 Å². The number of aromatic carboxylic acids is 1. The summed E-state index contributed by atoms with van der Waals surface area (Å²) in [6, 6.07) is 14.4. The molecule has 2 heterocycles. The molecule has 1 aromatic carbocycles. The van der Waals surface area contributed by atoms with Crippen molar-refractivity contribution >= 4 is 28.9 Å². The van der Waals surface area contributed by atoms with Gasteiger partial charge in [-0.3, -0.25) is 9.78 Å². The molecule has 0 spiro atoms. The molecule has 0 radical (unpaired) electrons. The molecule has 2 aromatic heterocycles. The maximum Gasteiger partial charge on any atom is 0.345 e. The molecule has 0 aliphatic heterocycles. The van der Waals surface area contributed by atoms with Gasteiger partial charge in [-0.1, -0.05) is 12.1 Å². The first-order valence-corrected chi connectivity index (χ1v) is 8.06. The highest BCUT2D eigenvalue weighted by Crippen LogP contribution is 2.19. The van der Waals surface area contributed by atoms with Gasteiger partial charge >= 0.3 is 5.97 Å². The zero-order chi connectivity index (χ0) is 16.9. The van der Waals surface area contributed by atoms with Gasteiger partial charge in [0.15, 0.2) is 0 Å². The number of amides is 1. The van der Waals surface area contributed by atoms with Gasteiger partial charge in [0.05, 0.1) is 4.88 Å². The third kappa shape index (κ3) is 3.85. The van der Waals surface area contributed by atoms with Crippen LogP contribution >= 0.6 is 11.3 Å². The van der Waals surface area contributed by atoms with Crippen molar-refractivity contribution in [1.82, 2.24) is 4.98 Å². The Morgan fingerprint density at radius 3 is 2.17 bits per heavy atom. The second kappa shape index (κ2) is 7.06. The summed E-state index contributed by atoms with van der Waals surface area (Å²) in [5.41, 5.74) is 2.97. The largest absolute Gasteiger partial charge is 0.477 e. The lowest BCUT2D eigenvalue weighted by molar-refractivity contribution is 0.0702. The van der Waals surface area contributed by atoms with Gasteiger partial charge in [-0.05, 0) is 53.9 Å². The summed E-state index contributed by atoms with van der Waals surface area (Å²) in [5, 5.41) is 11.7. The third-order valence-electron chi connectivity index (χ3n) is 3.41. The number of anilines is 1. The van der Waals surface area contributed by atoms with Crippen LogP contribution in [0.1, 0.15) is 30.5 Å². The molecule has 5 nitrogen and oxygen atoms in total. The molecule has 0 aliphatic rings. The minimum Gasteiger partial charge on any atom is -0.477 e. The Hall–Kier alpha value is -2.99. The van der Waals surface area contributed by atoms with E-state index in [1.54, 1.807) is 12.4 Å². The summed E-state index contributed by atoms with van der Waals surface area (Å²) < 4.78 is 0. The maximum absolute atomic E-state index is 12.1. The average Bonchev–Trinajstić information content (AvgIpc) is 3.08. The summed E-state index contributed by atoms with van der Waals surface area (Å²) in [6.07, 6.45) is 4.32. The van der Waals surface area contributed by atoms with E-state index >= 15 is 0 Å². The number of pyridine rings is 1. The number of aromatic nitrogens is 1. The van der Waals surface area contributed by atoms with Crippen LogP contribution in [0.25, 0.3) is 0 Å². The van der Waals surface area contributed by atoms with E-state index in [4.69, 9.17) is 5.11 Å². The first-order valence-electron chi connectivity index (χ1n) is 7.24. The smallest absolute Gasteiger partial charge is 0.345 e. The van der Waals surface area contributed by atoms with Gasteiger partial charge in [0, 0.05) is 18.1 Å². The predicted molar refractivity (Wildman–Crippen MR) is 92.7 cm³/mol. The first kappa shape index (κ1) is 15.9. The molecule has 0 unspecified atom stereocenters. The number of hydrogen-bond acceptors (Lipinski definition) is 4.